The van der Waals surface area contributed by atoms with Crippen LogP contribution in [0.4, 0.5) is 17.6 Å². The van der Waals surface area contributed by atoms with Crippen LogP contribution in [0, 0.1) is 17.1 Å². The highest BCUT2D eigenvalue weighted by molar-refractivity contribution is 7.97. The maximum atomic E-state index is 13.6. The van der Waals surface area contributed by atoms with Crippen molar-refractivity contribution >= 4 is 11.9 Å². The third kappa shape index (κ3) is 4.46. The smallest absolute Gasteiger partial charge is 0.229 e. The van der Waals surface area contributed by atoms with Gasteiger partial charge in [0.2, 0.25) is 0 Å². The number of nitriles is 1. The summed E-state index contributed by atoms with van der Waals surface area (Å²) >= 11 is 0.810. The van der Waals surface area contributed by atoms with Crippen LogP contribution in [0.25, 0.3) is 0 Å². The lowest BCUT2D eigenvalue weighted by atomic mass is 10.1. The fourth-order valence-electron chi connectivity index (χ4n) is 2.11. The Balaban J connectivity index is 2.35. The number of alkyl halides is 3. The van der Waals surface area contributed by atoms with Gasteiger partial charge in [-0.2, -0.15) is 18.4 Å². The van der Waals surface area contributed by atoms with Crippen molar-refractivity contribution in [2.24, 2.45) is 0 Å². The summed E-state index contributed by atoms with van der Waals surface area (Å²) in [6, 6.07) is 8.74. The van der Waals surface area contributed by atoms with Gasteiger partial charge in [0, 0.05) is 6.54 Å². The van der Waals surface area contributed by atoms with E-state index in [4.69, 9.17) is 5.26 Å². The molecule has 0 bridgehead atoms. The summed E-state index contributed by atoms with van der Waals surface area (Å²) in [7, 11) is 0. The van der Waals surface area contributed by atoms with Gasteiger partial charge in [0.1, 0.15) is 28.6 Å². The predicted molar refractivity (Wildman–Crippen MR) is 82.4 cm³/mol. The van der Waals surface area contributed by atoms with Crippen LogP contribution < -0.4 is 0 Å². The number of halogens is 4. The zero-order valence-electron chi connectivity index (χ0n) is 12.6. The van der Waals surface area contributed by atoms with Gasteiger partial charge < -0.3 is 0 Å². The van der Waals surface area contributed by atoms with E-state index in [0.29, 0.717) is 0 Å². The van der Waals surface area contributed by atoms with Gasteiger partial charge in [0.15, 0.2) is 0 Å². The molecule has 1 atom stereocenters. The quantitative estimate of drug-likeness (QED) is 0.574. The number of aromatic nitrogens is 1. The van der Waals surface area contributed by atoms with E-state index in [1.165, 1.54) is 12.1 Å². The van der Waals surface area contributed by atoms with Crippen molar-refractivity contribution in [3.63, 3.8) is 0 Å². The number of benzene rings is 1. The van der Waals surface area contributed by atoms with Gasteiger partial charge in [-0.05, 0) is 41.8 Å². The predicted octanol–water partition coefficient (Wildman–Crippen LogP) is 4.72. The lowest BCUT2D eigenvalue weighted by Gasteiger charge is -2.31. The third-order valence-electron chi connectivity index (χ3n) is 3.14. The molecule has 0 amide bonds. The molecule has 1 heterocycles. The highest BCUT2D eigenvalue weighted by atomic mass is 32.2. The van der Waals surface area contributed by atoms with Crippen molar-refractivity contribution < 1.29 is 17.6 Å². The van der Waals surface area contributed by atoms with Gasteiger partial charge in [-0.15, -0.1) is 0 Å². The number of hydrogen-bond acceptors (Lipinski definition) is 4. The van der Waals surface area contributed by atoms with Gasteiger partial charge in [0.05, 0.1) is 0 Å². The maximum Gasteiger partial charge on any atom is 0.408 e. The molecule has 1 unspecified atom stereocenters. The van der Waals surface area contributed by atoms with Crippen LogP contribution in [0.3, 0.4) is 0 Å². The number of pyridine rings is 1. The molecule has 0 aliphatic rings. The average Bonchev–Trinajstić information content (AvgIpc) is 2.55. The summed E-state index contributed by atoms with van der Waals surface area (Å²) < 4.78 is 54.8. The highest BCUT2D eigenvalue weighted by Crippen LogP contribution is 2.42. The molecule has 0 spiro atoms. The Morgan fingerprint density at radius 1 is 1.21 bits per heavy atom. The number of nitrogens with zero attached hydrogens (tertiary/aromatic N) is 3. The SMILES string of the molecule is CCN(Sc1cccc(C#N)n1)C(c1ccc(F)cc1)C(F)(F)F. The summed E-state index contributed by atoms with van der Waals surface area (Å²) in [5, 5.41) is 9.13. The van der Waals surface area contributed by atoms with Gasteiger partial charge in [-0.25, -0.2) is 13.7 Å². The van der Waals surface area contributed by atoms with E-state index in [2.05, 4.69) is 4.98 Å². The number of rotatable bonds is 5. The van der Waals surface area contributed by atoms with E-state index >= 15 is 0 Å². The van der Waals surface area contributed by atoms with Crippen LogP contribution in [0.2, 0.25) is 0 Å². The summed E-state index contributed by atoms with van der Waals surface area (Å²) in [5.74, 6) is -0.598. The summed E-state index contributed by atoms with van der Waals surface area (Å²) in [6.45, 7) is 1.66. The average molecular weight is 355 g/mol. The summed E-state index contributed by atoms with van der Waals surface area (Å²) in [6.07, 6.45) is -4.55. The van der Waals surface area contributed by atoms with Crippen molar-refractivity contribution in [1.29, 1.82) is 5.26 Å². The lowest BCUT2D eigenvalue weighted by Crippen LogP contribution is -2.34. The van der Waals surface area contributed by atoms with Crippen molar-refractivity contribution in [3.8, 4) is 6.07 Å². The second-order valence-electron chi connectivity index (χ2n) is 4.79. The Hall–Kier alpha value is -2.11. The second kappa shape index (κ2) is 7.64. The summed E-state index contributed by atoms with van der Waals surface area (Å²) in [4.78, 5) is 3.98. The fraction of sp³-hybridized carbons (Fsp3) is 0.250. The minimum atomic E-state index is -4.55. The molecule has 3 nitrogen and oxygen atoms in total. The monoisotopic (exact) mass is 355 g/mol. The van der Waals surface area contributed by atoms with Crippen molar-refractivity contribution in [1.82, 2.24) is 9.29 Å². The van der Waals surface area contributed by atoms with Gasteiger partial charge in [-0.3, -0.25) is 0 Å². The van der Waals surface area contributed by atoms with Crippen LogP contribution in [0.5, 0.6) is 0 Å². The first-order chi connectivity index (χ1) is 11.3. The molecule has 0 radical (unpaired) electrons. The molecule has 8 heteroatoms. The maximum absolute atomic E-state index is 13.6. The molecule has 0 saturated heterocycles. The standard InChI is InChI=1S/C16H13F4N3S/c1-2-23(24-14-5-3-4-13(10-21)22-14)15(16(18,19)20)11-6-8-12(17)9-7-11/h3-9,15H,2H2,1H3. The molecule has 24 heavy (non-hydrogen) atoms. The third-order valence-corrected chi connectivity index (χ3v) is 4.26. The molecular formula is C16H13F4N3S. The van der Waals surface area contributed by atoms with Gasteiger partial charge >= 0.3 is 6.18 Å². The van der Waals surface area contributed by atoms with Crippen molar-refractivity contribution in [3.05, 3.63) is 59.5 Å². The zero-order chi connectivity index (χ0) is 17.7. The summed E-state index contributed by atoms with van der Waals surface area (Å²) in [5.41, 5.74) is 0.0658. The van der Waals surface area contributed by atoms with Crippen LogP contribution >= 0.6 is 11.9 Å². The van der Waals surface area contributed by atoms with E-state index in [-0.39, 0.29) is 22.8 Å². The molecule has 0 aliphatic heterocycles. The first-order valence-corrected chi connectivity index (χ1v) is 7.76. The Bertz CT molecular complexity index is 725. The lowest BCUT2D eigenvalue weighted by molar-refractivity contribution is -0.172. The molecule has 1 aromatic carbocycles. The van der Waals surface area contributed by atoms with E-state index in [9.17, 15) is 17.6 Å². The van der Waals surface area contributed by atoms with Crippen molar-refractivity contribution in [2.45, 2.75) is 24.2 Å². The Morgan fingerprint density at radius 3 is 2.42 bits per heavy atom. The fourth-order valence-corrected chi connectivity index (χ4v) is 3.11. The molecule has 2 aromatic rings. The largest absolute Gasteiger partial charge is 0.408 e. The van der Waals surface area contributed by atoms with Gasteiger partial charge in [-0.1, -0.05) is 25.1 Å². The number of hydrogen-bond donors (Lipinski definition) is 0. The second-order valence-corrected chi connectivity index (χ2v) is 5.86. The highest BCUT2D eigenvalue weighted by Gasteiger charge is 2.45. The van der Waals surface area contributed by atoms with Crippen LogP contribution in [-0.2, 0) is 0 Å². The minimum absolute atomic E-state index is 0.0605. The topological polar surface area (TPSA) is 39.9 Å². The minimum Gasteiger partial charge on any atom is -0.229 e. The van der Waals surface area contributed by atoms with Crippen molar-refractivity contribution in [2.75, 3.05) is 6.54 Å². The van der Waals surface area contributed by atoms with E-state index in [1.807, 2.05) is 6.07 Å². The first-order valence-electron chi connectivity index (χ1n) is 6.99. The molecule has 0 N–H and O–H groups in total. The molecule has 1 aromatic heterocycles. The van der Waals surface area contributed by atoms with E-state index in [0.717, 1.165) is 40.5 Å². The van der Waals surface area contributed by atoms with E-state index in [1.54, 1.807) is 13.0 Å². The molecular weight excluding hydrogens is 342 g/mol. The Morgan fingerprint density at radius 2 is 1.88 bits per heavy atom. The van der Waals surface area contributed by atoms with E-state index < -0.39 is 18.0 Å². The first kappa shape index (κ1) is 18.2. The van der Waals surface area contributed by atoms with Crippen LogP contribution in [0.1, 0.15) is 24.2 Å². The van der Waals surface area contributed by atoms with Crippen LogP contribution in [0.15, 0.2) is 47.5 Å². The zero-order valence-corrected chi connectivity index (χ0v) is 13.4. The van der Waals surface area contributed by atoms with Crippen LogP contribution in [-0.4, -0.2) is 22.0 Å². The molecule has 126 valence electrons. The Labute approximate surface area is 141 Å². The molecule has 0 saturated carbocycles. The van der Waals surface area contributed by atoms with Gasteiger partial charge in [0.25, 0.3) is 0 Å². The normalized spacial score (nSPS) is 12.9. The molecule has 2 rings (SSSR count). The molecule has 0 fully saturated rings. The Kier molecular flexibility index (Phi) is 5.80. The molecule has 0 aliphatic carbocycles.